The normalized spacial score (nSPS) is 21.1. The fraction of sp³-hybridized carbons (Fsp3) is 0.500. The van der Waals surface area contributed by atoms with Gasteiger partial charge in [0.25, 0.3) is 0 Å². The highest BCUT2D eigenvalue weighted by Gasteiger charge is 2.23. The van der Waals surface area contributed by atoms with Gasteiger partial charge in [-0.15, -0.1) is 0 Å². The molecule has 3 heterocycles. The Hall–Kier alpha value is -0.790. The van der Waals surface area contributed by atoms with Gasteiger partial charge in [-0.2, -0.15) is 0 Å². The van der Waals surface area contributed by atoms with E-state index in [2.05, 4.69) is 42.7 Å². The number of aromatic nitrogens is 3. The van der Waals surface area contributed by atoms with Gasteiger partial charge in [-0.05, 0) is 22.9 Å². The van der Waals surface area contributed by atoms with E-state index in [9.17, 15) is 0 Å². The molecule has 1 unspecified atom stereocenters. The zero-order valence-corrected chi connectivity index (χ0v) is 11.7. The van der Waals surface area contributed by atoms with Crippen molar-refractivity contribution in [2.45, 2.75) is 13.0 Å². The van der Waals surface area contributed by atoms with E-state index in [-0.39, 0.29) is 0 Å². The van der Waals surface area contributed by atoms with Crippen molar-refractivity contribution in [3.8, 4) is 0 Å². The number of ether oxygens (including phenoxy) is 1. The van der Waals surface area contributed by atoms with Crippen LogP contribution in [0.25, 0.3) is 10.3 Å². The van der Waals surface area contributed by atoms with Gasteiger partial charge in [0.15, 0.2) is 9.73 Å². The number of nitrogens with zero attached hydrogens (tertiary/aromatic N) is 4. The average molecular weight is 315 g/mol. The number of thiazole rings is 1. The minimum absolute atomic E-state index is 0.322. The van der Waals surface area contributed by atoms with E-state index in [1.54, 1.807) is 6.33 Å². The molecule has 2 aromatic heterocycles. The summed E-state index contributed by atoms with van der Waals surface area (Å²) >= 11 is 4.92. The van der Waals surface area contributed by atoms with Crippen LogP contribution in [0.3, 0.4) is 0 Å². The van der Waals surface area contributed by atoms with Crippen LogP contribution in [0.1, 0.15) is 6.92 Å². The molecule has 0 saturated carbocycles. The molecular formula is C10H11BrN4OS. The van der Waals surface area contributed by atoms with Crippen molar-refractivity contribution < 1.29 is 4.74 Å². The van der Waals surface area contributed by atoms with Crippen LogP contribution in [-0.2, 0) is 4.74 Å². The lowest BCUT2D eigenvalue weighted by Crippen LogP contribution is -2.44. The van der Waals surface area contributed by atoms with E-state index in [0.717, 1.165) is 39.8 Å². The maximum atomic E-state index is 5.44. The van der Waals surface area contributed by atoms with Gasteiger partial charge in [-0.1, -0.05) is 11.3 Å². The van der Waals surface area contributed by atoms with Gasteiger partial charge < -0.3 is 9.64 Å². The monoisotopic (exact) mass is 314 g/mol. The predicted octanol–water partition coefficient (Wildman–Crippen LogP) is 2.07. The molecule has 0 bridgehead atoms. The molecule has 0 spiro atoms. The van der Waals surface area contributed by atoms with Crippen LogP contribution >= 0.6 is 27.3 Å². The molecule has 1 aliphatic rings. The third-order valence-electron chi connectivity index (χ3n) is 2.79. The molecule has 5 nitrogen and oxygen atoms in total. The number of morpholine rings is 1. The van der Waals surface area contributed by atoms with Crippen molar-refractivity contribution in [2.75, 3.05) is 24.7 Å². The Morgan fingerprint density at radius 1 is 1.53 bits per heavy atom. The molecule has 0 aliphatic carbocycles. The summed E-state index contributed by atoms with van der Waals surface area (Å²) in [5.41, 5.74) is 0.873. The van der Waals surface area contributed by atoms with E-state index >= 15 is 0 Å². The van der Waals surface area contributed by atoms with Crippen LogP contribution in [0.2, 0.25) is 0 Å². The molecule has 1 fully saturated rings. The second-order valence-corrected chi connectivity index (χ2v) is 6.19. The zero-order chi connectivity index (χ0) is 11.8. The third kappa shape index (κ3) is 2.02. The molecule has 90 valence electrons. The SMILES string of the molecule is CC1COCCN1c1ncnc2sc(Br)nc12. The van der Waals surface area contributed by atoms with E-state index in [0.29, 0.717) is 6.04 Å². The highest BCUT2D eigenvalue weighted by Crippen LogP contribution is 2.30. The number of halogens is 1. The topological polar surface area (TPSA) is 51.1 Å². The highest BCUT2D eigenvalue weighted by atomic mass is 79.9. The molecule has 1 saturated heterocycles. The van der Waals surface area contributed by atoms with Gasteiger partial charge in [-0.25, -0.2) is 15.0 Å². The summed E-state index contributed by atoms with van der Waals surface area (Å²) in [7, 11) is 0. The van der Waals surface area contributed by atoms with Crippen LogP contribution in [0.5, 0.6) is 0 Å². The fourth-order valence-corrected chi connectivity index (χ4v) is 3.24. The van der Waals surface area contributed by atoms with Gasteiger partial charge in [0, 0.05) is 6.54 Å². The quantitative estimate of drug-likeness (QED) is 0.806. The number of hydrogen-bond acceptors (Lipinski definition) is 6. The maximum Gasteiger partial charge on any atom is 0.161 e. The highest BCUT2D eigenvalue weighted by molar-refractivity contribution is 9.11. The van der Waals surface area contributed by atoms with Crippen molar-refractivity contribution >= 4 is 43.4 Å². The molecule has 17 heavy (non-hydrogen) atoms. The van der Waals surface area contributed by atoms with Gasteiger partial charge >= 0.3 is 0 Å². The zero-order valence-electron chi connectivity index (χ0n) is 9.26. The molecular weight excluding hydrogens is 304 g/mol. The molecule has 0 aromatic carbocycles. The van der Waals surface area contributed by atoms with Crippen LogP contribution in [0.15, 0.2) is 10.2 Å². The molecule has 0 amide bonds. The lowest BCUT2D eigenvalue weighted by molar-refractivity contribution is 0.0986. The Kier molecular flexibility index (Phi) is 2.97. The Balaban J connectivity index is 2.09. The minimum Gasteiger partial charge on any atom is -0.377 e. The van der Waals surface area contributed by atoms with Crippen LogP contribution < -0.4 is 4.90 Å². The van der Waals surface area contributed by atoms with Gasteiger partial charge in [0.2, 0.25) is 0 Å². The third-order valence-corrected chi connectivity index (χ3v) is 4.20. The Labute approximate surface area is 111 Å². The summed E-state index contributed by atoms with van der Waals surface area (Å²) in [4.78, 5) is 16.2. The molecule has 2 aromatic rings. The van der Waals surface area contributed by atoms with Gasteiger partial charge in [0.1, 0.15) is 16.7 Å². The van der Waals surface area contributed by atoms with Gasteiger partial charge in [0.05, 0.1) is 19.3 Å². The molecule has 3 rings (SSSR count). The number of anilines is 1. The van der Waals surface area contributed by atoms with Crippen LogP contribution in [0, 0.1) is 0 Å². The maximum absolute atomic E-state index is 5.44. The van der Waals surface area contributed by atoms with Crippen molar-refractivity contribution in [1.82, 2.24) is 15.0 Å². The van der Waals surface area contributed by atoms with E-state index < -0.39 is 0 Å². The molecule has 0 N–H and O–H groups in total. The predicted molar refractivity (Wildman–Crippen MR) is 70.5 cm³/mol. The summed E-state index contributed by atoms with van der Waals surface area (Å²) in [6.45, 7) is 4.45. The lowest BCUT2D eigenvalue weighted by atomic mass is 10.2. The summed E-state index contributed by atoms with van der Waals surface area (Å²) in [5.74, 6) is 0.910. The number of fused-ring (bicyclic) bond motifs is 1. The Bertz CT molecular complexity index is 546. The van der Waals surface area contributed by atoms with Gasteiger partial charge in [-0.3, -0.25) is 0 Å². The summed E-state index contributed by atoms with van der Waals surface area (Å²) in [6.07, 6.45) is 1.60. The Morgan fingerprint density at radius 2 is 2.41 bits per heavy atom. The van der Waals surface area contributed by atoms with Crippen molar-refractivity contribution in [3.05, 3.63) is 10.2 Å². The minimum atomic E-state index is 0.322. The molecule has 7 heteroatoms. The summed E-state index contributed by atoms with van der Waals surface area (Å²) in [5, 5.41) is 0. The molecule has 0 radical (unpaired) electrons. The first-order valence-corrected chi connectivity index (χ1v) is 6.98. The first-order chi connectivity index (χ1) is 8.25. The van der Waals surface area contributed by atoms with E-state index in [4.69, 9.17) is 4.74 Å². The Morgan fingerprint density at radius 3 is 3.24 bits per heavy atom. The van der Waals surface area contributed by atoms with E-state index in [1.807, 2.05) is 0 Å². The lowest BCUT2D eigenvalue weighted by Gasteiger charge is -2.34. The average Bonchev–Trinajstić information content (AvgIpc) is 2.70. The number of rotatable bonds is 1. The molecule has 1 aliphatic heterocycles. The summed E-state index contributed by atoms with van der Waals surface area (Å²) < 4.78 is 6.28. The standard InChI is InChI=1S/C10H11BrN4OS/c1-6-4-16-3-2-15(6)8-7-9(13-5-12-8)17-10(11)14-7/h5-6H,2-4H2,1H3. The van der Waals surface area contributed by atoms with E-state index in [1.165, 1.54) is 11.3 Å². The largest absolute Gasteiger partial charge is 0.377 e. The number of hydrogen-bond donors (Lipinski definition) is 0. The fourth-order valence-electron chi connectivity index (χ4n) is 1.97. The summed E-state index contributed by atoms with van der Waals surface area (Å²) in [6, 6.07) is 0.322. The molecule has 1 atom stereocenters. The van der Waals surface area contributed by atoms with Crippen molar-refractivity contribution in [3.63, 3.8) is 0 Å². The van der Waals surface area contributed by atoms with Crippen molar-refractivity contribution in [1.29, 1.82) is 0 Å². The van der Waals surface area contributed by atoms with Crippen LogP contribution in [0.4, 0.5) is 5.82 Å². The van der Waals surface area contributed by atoms with Crippen LogP contribution in [-0.4, -0.2) is 40.8 Å². The first kappa shape index (κ1) is 11.3. The second kappa shape index (κ2) is 4.47. The van der Waals surface area contributed by atoms with Crippen molar-refractivity contribution in [2.24, 2.45) is 0 Å². The first-order valence-electron chi connectivity index (χ1n) is 5.37. The smallest absolute Gasteiger partial charge is 0.161 e. The second-order valence-electron chi connectivity index (χ2n) is 3.94.